The van der Waals surface area contributed by atoms with Crippen LogP contribution in [0.3, 0.4) is 0 Å². The number of methoxy groups -OCH3 is 1. The van der Waals surface area contributed by atoms with Crippen molar-refractivity contribution in [1.29, 1.82) is 0 Å². The maximum absolute atomic E-state index is 4.68. The quantitative estimate of drug-likeness (QED) is 0.483. The Bertz CT molecular complexity index is 15.1. The summed E-state index contributed by atoms with van der Waals surface area (Å²) in [4.78, 5) is 0. The first-order chi connectivity index (χ1) is 2.41. The zero-order chi connectivity index (χ0) is 4.12. The second-order valence-electron chi connectivity index (χ2n) is 0.637. The maximum atomic E-state index is 4.68. The summed E-state index contributed by atoms with van der Waals surface area (Å²) in [6, 6.07) is 0. The summed E-state index contributed by atoms with van der Waals surface area (Å²) in [7, 11) is 5.16. The van der Waals surface area contributed by atoms with Gasteiger partial charge in [0, 0.05) is 7.11 Å². The Balaban J connectivity index is 2.19. The van der Waals surface area contributed by atoms with Gasteiger partial charge in [0.25, 0.3) is 0 Å². The van der Waals surface area contributed by atoms with Crippen LogP contribution in [-0.2, 0) is 4.74 Å². The third kappa shape index (κ3) is 4.82. The van der Waals surface area contributed by atoms with Gasteiger partial charge in [-0.1, -0.05) is 8.27 Å². The minimum Gasteiger partial charge on any atom is -0.380 e. The molecule has 0 fully saturated rings. The minimum atomic E-state index is 0.852. The molecule has 5 heavy (non-hydrogen) atoms. The molecule has 2 atom stereocenters. The molecule has 3 heteroatoms. The van der Waals surface area contributed by atoms with E-state index in [-0.39, 0.29) is 0 Å². The Kier molecular flexibility index (Phi) is 5.61. The van der Waals surface area contributed by atoms with Crippen LogP contribution in [0.15, 0.2) is 0 Å². The molecule has 0 amide bonds. The van der Waals surface area contributed by atoms with E-state index in [0.717, 1.165) is 14.6 Å². The zero-order valence-electron chi connectivity index (χ0n) is 3.19. The highest BCUT2D eigenvalue weighted by Crippen LogP contribution is 2.17. The largest absolute Gasteiger partial charge is 0.380 e. The van der Waals surface area contributed by atoms with Crippen molar-refractivity contribution in [2.75, 3.05) is 13.5 Å². The van der Waals surface area contributed by atoms with Crippen molar-refractivity contribution in [1.82, 2.24) is 0 Å². The van der Waals surface area contributed by atoms with Gasteiger partial charge in [-0.25, -0.2) is 0 Å². The summed E-state index contributed by atoms with van der Waals surface area (Å²) in [5, 5.41) is 0. The first kappa shape index (κ1) is 5.82. The zero-order valence-corrected chi connectivity index (χ0v) is 5.35. The van der Waals surface area contributed by atoms with Gasteiger partial charge in [-0.2, -0.15) is 0 Å². The van der Waals surface area contributed by atoms with Crippen LogP contribution in [0.25, 0.3) is 0 Å². The summed E-state index contributed by atoms with van der Waals surface area (Å²) >= 11 is 0. The van der Waals surface area contributed by atoms with Crippen LogP contribution in [0.4, 0.5) is 0 Å². The predicted octanol–water partition coefficient (Wildman–Crippen LogP) is 1.06. The molecule has 0 bridgehead atoms. The van der Waals surface area contributed by atoms with Crippen LogP contribution in [0, 0.1) is 0 Å². The Labute approximate surface area is 36.4 Å². The lowest BCUT2D eigenvalue weighted by molar-refractivity contribution is 0.258. The van der Waals surface area contributed by atoms with Crippen LogP contribution < -0.4 is 0 Å². The molecule has 0 rings (SSSR count). The summed E-state index contributed by atoms with van der Waals surface area (Å²) < 4.78 is 4.68. The molecule has 0 heterocycles. The van der Waals surface area contributed by atoms with Crippen molar-refractivity contribution in [2.24, 2.45) is 0 Å². The van der Waals surface area contributed by atoms with Gasteiger partial charge in [0.1, 0.15) is 0 Å². The smallest absolute Gasteiger partial charge is 0.0662 e. The fourth-order valence-electron chi connectivity index (χ4n) is 0.0833. The van der Waals surface area contributed by atoms with Crippen molar-refractivity contribution in [3.8, 4) is 0 Å². The van der Waals surface area contributed by atoms with Crippen LogP contribution in [0.5, 0.6) is 0 Å². The molecule has 0 aliphatic rings. The molecule has 0 saturated carbocycles. The molecule has 0 aromatic heterocycles. The molecule has 0 spiro atoms. The minimum absolute atomic E-state index is 0.852. The van der Waals surface area contributed by atoms with E-state index >= 15 is 0 Å². The van der Waals surface area contributed by atoms with E-state index in [0.29, 0.717) is 0 Å². The SMILES string of the molecule is COCPP. The van der Waals surface area contributed by atoms with E-state index in [9.17, 15) is 0 Å². The normalized spacial score (nSPS) is 10.8. The lowest BCUT2D eigenvalue weighted by atomic mass is 11.5. The first-order valence-corrected chi connectivity index (χ1v) is 4.36. The summed E-state index contributed by atoms with van der Waals surface area (Å²) in [5.74, 6) is 0. The fraction of sp³-hybridized carbons (Fsp3) is 1.00. The van der Waals surface area contributed by atoms with Crippen molar-refractivity contribution in [2.45, 2.75) is 0 Å². The van der Waals surface area contributed by atoms with Gasteiger partial charge < -0.3 is 4.74 Å². The molecule has 1 nitrogen and oxygen atoms in total. The molecule has 0 aliphatic heterocycles. The topological polar surface area (TPSA) is 9.23 Å². The van der Waals surface area contributed by atoms with Gasteiger partial charge in [0.2, 0.25) is 0 Å². The monoisotopic (exact) mass is 110 g/mol. The van der Waals surface area contributed by atoms with Crippen molar-refractivity contribution < 1.29 is 4.74 Å². The Morgan fingerprint density at radius 3 is 2.60 bits per heavy atom. The molecule has 0 aromatic carbocycles. The van der Waals surface area contributed by atoms with Crippen molar-refractivity contribution in [3.63, 3.8) is 0 Å². The average Bonchev–Trinajstić information content (AvgIpc) is 1.41. The lowest BCUT2D eigenvalue weighted by Crippen LogP contribution is -1.70. The number of rotatable bonds is 2. The van der Waals surface area contributed by atoms with Crippen LogP contribution in [0.1, 0.15) is 0 Å². The summed E-state index contributed by atoms with van der Waals surface area (Å²) in [5.41, 5.74) is 0. The first-order valence-electron chi connectivity index (χ1n) is 1.34. The molecule has 32 valence electrons. The highest BCUT2D eigenvalue weighted by atomic mass is 32.0. The molecular weight excluding hydrogens is 102 g/mol. The molecule has 0 radical (unpaired) electrons. The van der Waals surface area contributed by atoms with E-state index in [4.69, 9.17) is 0 Å². The highest BCUT2D eigenvalue weighted by molar-refractivity contribution is 8.02. The van der Waals surface area contributed by atoms with Gasteiger partial charge in [0.05, 0.1) is 6.35 Å². The molecule has 2 unspecified atom stereocenters. The van der Waals surface area contributed by atoms with Gasteiger partial charge in [-0.15, -0.1) is 8.93 Å². The molecule has 0 aliphatic carbocycles. The average molecular weight is 110 g/mol. The summed E-state index contributed by atoms with van der Waals surface area (Å²) in [6.07, 6.45) is 0.880. The Hall–Kier alpha value is 0.820. The van der Waals surface area contributed by atoms with Gasteiger partial charge in [0.15, 0.2) is 0 Å². The lowest BCUT2D eigenvalue weighted by Gasteiger charge is -1.84. The van der Waals surface area contributed by atoms with Gasteiger partial charge in [-0.05, 0) is 0 Å². The van der Waals surface area contributed by atoms with Crippen molar-refractivity contribution >= 4 is 17.2 Å². The van der Waals surface area contributed by atoms with Gasteiger partial charge in [-0.3, -0.25) is 0 Å². The summed E-state index contributed by atoms with van der Waals surface area (Å²) in [6.45, 7) is 0. The number of hydrogen-bond donors (Lipinski definition) is 0. The van der Waals surface area contributed by atoms with Crippen LogP contribution >= 0.6 is 17.2 Å². The fourth-order valence-corrected chi connectivity index (χ4v) is 0.750. The van der Waals surface area contributed by atoms with E-state index < -0.39 is 0 Å². The van der Waals surface area contributed by atoms with E-state index in [2.05, 4.69) is 13.7 Å². The van der Waals surface area contributed by atoms with E-state index in [1.165, 1.54) is 0 Å². The second-order valence-corrected chi connectivity index (χ2v) is 2.56. The molecule has 0 saturated heterocycles. The van der Waals surface area contributed by atoms with Gasteiger partial charge >= 0.3 is 0 Å². The Morgan fingerprint density at radius 2 is 2.60 bits per heavy atom. The standard InChI is InChI=1S/C2H8OP2/c1-3-2-5-4/h5H,2,4H2,1H3. The maximum Gasteiger partial charge on any atom is 0.0662 e. The third-order valence-corrected chi connectivity index (χ3v) is 1.18. The molecule has 0 N–H and O–H groups in total. The Morgan fingerprint density at radius 1 is 2.00 bits per heavy atom. The van der Waals surface area contributed by atoms with E-state index in [1.807, 2.05) is 0 Å². The molecule has 0 aromatic rings. The second kappa shape index (κ2) is 4.82. The van der Waals surface area contributed by atoms with Crippen LogP contribution in [-0.4, -0.2) is 13.5 Å². The number of ether oxygens (including phenoxy) is 1. The molecular formula is C2H8OP2. The van der Waals surface area contributed by atoms with Crippen molar-refractivity contribution in [3.05, 3.63) is 0 Å². The van der Waals surface area contributed by atoms with E-state index in [1.54, 1.807) is 7.11 Å². The number of hydrogen-bond acceptors (Lipinski definition) is 1. The third-order valence-electron chi connectivity index (χ3n) is 0.228. The highest BCUT2D eigenvalue weighted by Gasteiger charge is 1.65. The predicted molar refractivity (Wildman–Crippen MR) is 29.9 cm³/mol. The van der Waals surface area contributed by atoms with Crippen LogP contribution in [0.2, 0.25) is 0 Å².